The van der Waals surface area contributed by atoms with Crippen LogP contribution in [0.3, 0.4) is 0 Å². The summed E-state index contributed by atoms with van der Waals surface area (Å²) in [5.41, 5.74) is 5.35. The fourth-order valence-corrected chi connectivity index (χ4v) is 2.46. The van der Waals surface area contributed by atoms with E-state index in [4.69, 9.17) is 0 Å². The molecule has 1 aromatic heterocycles. The maximum absolute atomic E-state index is 4.16. The molecule has 0 bridgehead atoms. The number of fused-ring (bicyclic) bond motifs is 1. The van der Waals surface area contributed by atoms with Gasteiger partial charge in [-0.3, -0.25) is 4.68 Å². The molecule has 0 amide bonds. The van der Waals surface area contributed by atoms with Crippen LogP contribution in [0.4, 0.5) is 5.69 Å². The van der Waals surface area contributed by atoms with E-state index in [1.807, 2.05) is 24.1 Å². The van der Waals surface area contributed by atoms with Crippen molar-refractivity contribution < 1.29 is 0 Å². The minimum atomic E-state index is 0.859. The van der Waals surface area contributed by atoms with Crippen LogP contribution in [-0.4, -0.2) is 16.3 Å². The molecule has 0 saturated carbocycles. The first-order valence-corrected chi connectivity index (χ1v) is 6.36. The third-order valence-electron chi connectivity index (χ3n) is 3.34. The lowest BCUT2D eigenvalue weighted by molar-refractivity contribution is 0.693. The van der Waals surface area contributed by atoms with Gasteiger partial charge in [0.1, 0.15) is 0 Å². The van der Waals surface area contributed by atoms with Gasteiger partial charge in [0.2, 0.25) is 0 Å². The standard InChI is InChI=1S/C14H18N4/c1-18-10-11(8-17-18)7-15-9-13-4-2-3-12-5-6-16-14(12)13/h2-4,8,10,15-16H,5-7,9H2,1H3. The van der Waals surface area contributed by atoms with Gasteiger partial charge in [-0.05, 0) is 17.5 Å². The molecule has 1 aliphatic rings. The molecule has 0 spiro atoms. The molecule has 0 unspecified atom stereocenters. The molecule has 4 heteroatoms. The first kappa shape index (κ1) is 11.3. The lowest BCUT2D eigenvalue weighted by atomic mass is 10.1. The largest absolute Gasteiger partial charge is 0.384 e. The third kappa shape index (κ3) is 2.24. The highest BCUT2D eigenvalue weighted by Gasteiger charge is 2.12. The van der Waals surface area contributed by atoms with Gasteiger partial charge in [0.05, 0.1) is 6.20 Å². The summed E-state index contributed by atoms with van der Waals surface area (Å²) in [5.74, 6) is 0. The van der Waals surface area contributed by atoms with E-state index in [-0.39, 0.29) is 0 Å². The molecule has 1 aliphatic heterocycles. The van der Waals surface area contributed by atoms with Gasteiger partial charge in [0, 0.05) is 44.1 Å². The molecule has 2 heterocycles. The molecular formula is C14H18N4. The maximum atomic E-state index is 4.16. The third-order valence-corrected chi connectivity index (χ3v) is 3.34. The number of nitrogens with one attached hydrogen (secondary N) is 2. The first-order chi connectivity index (χ1) is 8.83. The Kier molecular flexibility index (Phi) is 3.02. The van der Waals surface area contributed by atoms with Gasteiger partial charge in [-0.1, -0.05) is 18.2 Å². The second-order valence-corrected chi connectivity index (χ2v) is 4.75. The fraction of sp³-hybridized carbons (Fsp3) is 0.357. The van der Waals surface area contributed by atoms with E-state index >= 15 is 0 Å². The van der Waals surface area contributed by atoms with Crippen molar-refractivity contribution in [3.05, 3.63) is 47.3 Å². The first-order valence-electron chi connectivity index (χ1n) is 6.36. The molecule has 4 nitrogen and oxygen atoms in total. The van der Waals surface area contributed by atoms with Crippen LogP contribution in [0.2, 0.25) is 0 Å². The summed E-state index contributed by atoms with van der Waals surface area (Å²) in [5, 5.41) is 11.1. The van der Waals surface area contributed by atoms with Crippen molar-refractivity contribution in [1.82, 2.24) is 15.1 Å². The number of hydrogen-bond donors (Lipinski definition) is 2. The van der Waals surface area contributed by atoms with Gasteiger partial charge < -0.3 is 10.6 Å². The normalized spacial score (nSPS) is 13.4. The summed E-state index contributed by atoms with van der Waals surface area (Å²) in [6.07, 6.45) is 5.09. The molecule has 2 aromatic rings. The van der Waals surface area contributed by atoms with Crippen LogP contribution < -0.4 is 10.6 Å². The van der Waals surface area contributed by atoms with E-state index in [9.17, 15) is 0 Å². The monoisotopic (exact) mass is 242 g/mol. The number of benzene rings is 1. The minimum Gasteiger partial charge on any atom is -0.384 e. The Morgan fingerprint density at radius 3 is 3.17 bits per heavy atom. The van der Waals surface area contributed by atoms with Gasteiger partial charge in [-0.25, -0.2) is 0 Å². The molecule has 0 saturated heterocycles. The van der Waals surface area contributed by atoms with Crippen LogP contribution in [0.5, 0.6) is 0 Å². The number of rotatable bonds is 4. The number of para-hydroxylation sites is 1. The summed E-state index contributed by atoms with van der Waals surface area (Å²) in [6.45, 7) is 2.82. The maximum Gasteiger partial charge on any atom is 0.0534 e. The van der Waals surface area contributed by atoms with Crippen LogP contribution in [0.25, 0.3) is 0 Å². The fourth-order valence-electron chi connectivity index (χ4n) is 2.46. The second-order valence-electron chi connectivity index (χ2n) is 4.75. The van der Waals surface area contributed by atoms with Crippen LogP contribution >= 0.6 is 0 Å². The Labute approximate surface area is 107 Å². The molecule has 1 aromatic carbocycles. The Hall–Kier alpha value is -1.81. The van der Waals surface area contributed by atoms with Gasteiger partial charge in [0.25, 0.3) is 0 Å². The minimum absolute atomic E-state index is 0.859. The second kappa shape index (κ2) is 4.82. The Bertz CT molecular complexity index is 544. The van der Waals surface area contributed by atoms with Gasteiger partial charge in [0.15, 0.2) is 0 Å². The number of aryl methyl sites for hydroxylation is 1. The van der Waals surface area contributed by atoms with Crippen molar-refractivity contribution in [2.24, 2.45) is 7.05 Å². The van der Waals surface area contributed by atoms with Crippen molar-refractivity contribution in [3.8, 4) is 0 Å². The van der Waals surface area contributed by atoms with Crippen molar-refractivity contribution in [2.75, 3.05) is 11.9 Å². The number of anilines is 1. The van der Waals surface area contributed by atoms with Crippen molar-refractivity contribution in [3.63, 3.8) is 0 Å². The predicted octanol–water partition coefficient (Wildman–Crippen LogP) is 1.68. The van der Waals surface area contributed by atoms with E-state index in [0.717, 1.165) is 26.1 Å². The zero-order valence-electron chi connectivity index (χ0n) is 10.6. The molecule has 0 aliphatic carbocycles. The average molecular weight is 242 g/mol. The molecule has 18 heavy (non-hydrogen) atoms. The zero-order chi connectivity index (χ0) is 12.4. The molecule has 2 N–H and O–H groups in total. The lowest BCUT2D eigenvalue weighted by Gasteiger charge is -2.09. The highest BCUT2D eigenvalue weighted by molar-refractivity contribution is 5.61. The smallest absolute Gasteiger partial charge is 0.0534 e. The van der Waals surface area contributed by atoms with Crippen LogP contribution in [0, 0.1) is 0 Å². The Morgan fingerprint density at radius 1 is 1.39 bits per heavy atom. The number of hydrogen-bond acceptors (Lipinski definition) is 3. The predicted molar refractivity (Wildman–Crippen MR) is 72.4 cm³/mol. The summed E-state index contributed by atoms with van der Waals surface area (Å²) in [6, 6.07) is 6.54. The molecule has 0 radical (unpaired) electrons. The Morgan fingerprint density at radius 2 is 2.33 bits per heavy atom. The summed E-state index contributed by atoms with van der Waals surface area (Å²) in [7, 11) is 1.94. The number of aromatic nitrogens is 2. The molecule has 0 fully saturated rings. The van der Waals surface area contributed by atoms with Crippen LogP contribution in [-0.2, 0) is 26.6 Å². The molecule has 3 rings (SSSR count). The van der Waals surface area contributed by atoms with E-state index < -0.39 is 0 Å². The van der Waals surface area contributed by atoms with E-state index in [0.29, 0.717) is 0 Å². The Balaban J connectivity index is 1.62. The zero-order valence-corrected chi connectivity index (χ0v) is 10.6. The summed E-state index contributed by atoms with van der Waals surface area (Å²) >= 11 is 0. The molecular weight excluding hydrogens is 224 g/mol. The average Bonchev–Trinajstić information content (AvgIpc) is 2.98. The highest BCUT2D eigenvalue weighted by atomic mass is 15.2. The quantitative estimate of drug-likeness (QED) is 0.857. The molecule has 94 valence electrons. The van der Waals surface area contributed by atoms with Gasteiger partial charge in [-0.2, -0.15) is 5.10 Å². The van der Waals surface area contributed by atoms with Gasteiger partial charge in [-0.15, -0.1) is 0 Å². The topological polar surface area (TPSA) is 41.9 Å². The van der Waals surface area contributed by atoms with Crippen LogP contribution in [0.15, 0.2) is 30.6 Å². The van der Waals surface area contributed by atoms with E-state index in [2.05, 4.69) is 33.9 Å². The van der Waals surface area contributed by atoms with Crippen molar-refractivity contribution in [2.45, 2.75) is 19.5 Å². The summed E-state index contributed by atoms with van der Waals surface area (Å²) in [4.78, 5) is 0. The molecule has 0 atom stereocenters. The van der Waals surface area contributed by atoms with Crippen LogP contribution in [0.1, 0.15) is 16.7 Å². The highest BCUT2D eigenvalue weighted by Crippen LogP contribution is 2.26. The summed E-state index contributed by atoms with van der Waals surface area (Å²) < 4.78 is 1.83. The SMILES string of the molecule is Cn1cc(CNCc2cccc3c2NCC3)cn1. The number of nitrogens with zero attached hydrogens (tertiary/aromatic N) is 2. The van der Waals surface area contributed by atoms with Crippen molar-refractivity contribution in [1.29, 1.82) is 0 Å². The lowest BCUT2D eigenvalue weighted by Crippen LogP contribution is -2.13. The van der Waals surface area contributed by atoms with E-state index in [1.54, 1.807) is 0 Å². The van der Waals surface area contributed by atoms with Gasteiger partial charge >= 0.3 is 0 Å². The van der Waals surface area contributed by atoms with E-state index in [1.165, 1.54) is 22.4 Å². The van der Waals surface area contributed by atoms with Crippen molar-refractivity contribution >= 4 is 5.69 Å².